The number of nitrogens with one attached hydrogen (secondary N) is 1. The Labute approximate surface area is 127 Å². The number of aromatic hydroxyl groups is 1. The summed E-state index contributed by atoms with van der Waals surface area (Å²) >= 11 is 0. The summed E-state index contributed by atoms with van der Waals surface area (Å²) < 4.78 is 36.8. The highest BCUT2D eigenvalue weighted by atomic mass is 32.2. The van der Waals surface area contributed by atoms with Crippen LogP contribution in [-0.4, -0.2) is 25.7 Å². The normalized spacial score (nSPS) is 11.2. The predicted octanol–water partition coefficient (Wildman–Crippen LogP) is 2.37. The van der Waals surface area contributed by atoms with Crippen LogP contribution in [0.5, 0.6) is 5.75 Å². The lowest BCUT2D eigenvalue weighted by Gasteiger charge is -2.10. The number of sulfone groups is 1. The predicted molar refractivity (Wildman–Crippen MR) is 80.0 cm³/mol. The third-order valence-corrected chi connectivity index (χ3v) is 4.04. The highest BCUT2D eigenvalue weighted by molar-refractivity contribution is 7.90. The van der Waals surface area contributed by atoms with E-state index in [1.54, 1.807) is 12.1 Å². The van der Waals surface area contributed by atoms with Gasteiger partial charge in [-0.2, -0.15) is 0 Å². The minimum atomic E-state index is -3.76. The first kappa shape index (κ1) is 16.0. The monoisotopic (exact) mass is 322 g/mol. The summed E-state index contributed by atoms with van der Waals surface area (Å²) in [6, 6.07) is 7.77. The Balaban J connectivity index is 2.37. The van der Waals surface area contributed by atoms with Crippen molar-refractivity contribution in [2.45, 2.75) is 4.90 Å². The highest BCUT2D eigenvalue weighted by Gasteiger charge is 2.18. The van der Waals surface area contributed by atoms with Crippen molar-refractivity contribution in [1.29, 1.82) is 0 Å². The molecule has 22 heavy (non-hydrogen) atoms. The number of halogens is 1. The van der Waals surface area contributed by atoms with Crippen molar-refractivity contribution in [3.8, 4) is 5.75 Å². The van der Waals surface area contributed by atoms with Crippen molar-refractivity contribution in [3.05, 3.63) is 60.3 Å². The fourth-order valence-corrected chi connectivity index (χ4v) is 2.56. The molecule has 0 saturated heterocycles. The van der Waals surface area contributed by atoms with Crippen molar-refractivity contribution in [2.75, 3.05) is 11.6 Å². The number of benzene rings is 2. The topological polar surface area (TPSA) is 83.5 Å². The molecule has 7 heteroatoms. The van der Waals surface area contributed by atoms with Gasteiger partial charge in [-0.05, 0) is 30.7 Å². The maximum Gasteiger partial charge on any atom is 0.255 e. The Morgan fingerprint density at radius 3 is 2.36 bits per heavy atom. The number of hydrogen-bond acceptors (Lipinski definition) is 4. The Kier molecular flexibility index (Phi) is 4.18. The number of carbonyl (C=O) groups excluding carboxylic acids is 1. The lowest BCUT2D eigenvalue weighted by atomic mass is 10.1. The average molecular weight is 322 g/mol. The van der Waals surface area contributed by atoms with Crippen LogP contribution >= 0.6 is 0 Å². The van der Waals surface area contributed by atoms with E-state index in [0.29, 0.717) is 11.6 Å². The lowest BCUT2D eigenvalue weighted by molar-refractivity contribution is 0.102. The summed E-state index contributed by atoms with van der Waals surface area (Å²) in [5, 5.41) is 11.8. The van der Waals surface area contributed by atoms with Crippen molar-refractivity contribution in [3.63, 3.8) is 0 Å². The molecule has 0 aliphatic carbocycles. The molecule has 0 saturated carbocycles. The van der Waals surface area contributed by atoms with E-state index in [1.807, 2.05) is 0 Å². The molecule has 2 aromatic carbocycles. The zero-order valence-corrected chi connectivity index (χ0v) is 12.4. The van der Waals surface area contributed by atoms with Gasteiger partial charge in [0, 0.05) is 17.9 Å². The molecule has 0 spiro atoms. The fourth-order valence-electron chi connectivity index (χ4n) is 1.79. The molecule has 2 aromatic rings. The van der Waals surface area contributed by atoms with Crippen LogP contribution in [0.25, 0.3) is 0 Å². The second-order valence-corrected chi connectivity index (χ2v) is 6.71. The second-order valence-electron chi connectivity index (χ2n) is 4.72. The molecule has 1 amide bonds. The standard InChI is InChI=1S/C15H13FNO4S/c1-9-3-5-10(6-4-9)15(19)17-12-8-14(22(2,20)21)13(18)7-11(12)16/h3-8,18H,1H2,2H3,(H,17,19). The highest BCUT2D eigenvalue weighted by Crippen LogP contribution is 2.29. The molecule has 0 atom stereocenters. The number of hydrogen-bond donors (Lipinski definition) is 2. The Bertz CT molecular complexity index is 829. The molecule has 2 N–H and O–H groups in total. The van der Waals surface area contributed by atoms with E-state index >= 15 is 0 Å². The molecule has 0 aliphatic heterocycles. The summed E-state index contributed by atoms with van der Waals surface area (Å²) in [7, 11) is -3.76. The summed E-state index contributed by atoms with van der Waals surface area (Å²) in [6.07, 6.45) is 0.874. The molecular formula is C15H13FNO4S. The Morgan fingerprint density at radius 2 is 1.82 bits per heavy atom. The van der Waals surface area contributed by atoms with Gasteiger partial charge < -0.3 is 10.4 Å². The smallest absolute Gasteiger partial charge is 0.255 e. The van der Waals surface area contributed by atoms with Gasteiger partial charge in [0.25, 0.3) is 5.91 Å². The van der Waals surface area contributed by atoms with Gasteiger partial charge in [0.2, 0.25) is 0 Å². The van der Waals surface area contributed by atoms with Crippen LogP contribution in [0, 0.1) is 12.7 Å². The van der Waals surface area contributed by atoms with Crippen molar-refractivity contribution in [1.82, 2.24) is 0 Å². The molecule has 0 aliphatic rings. The molecule has 5 nitrogen and oxygen atoms in total. The number of anilines is 1. The Hall–Kier alpha value is -2.41. The first-order chi connectivity index (χ1) is 10.2. The van der Waals surface area contributed by atoms with Crippen LogP contribution in [0.1, 0.15) is 15.9 Å². The van der Waals surface area contributed by atoms with Crippen LogP contribution < -0.4 is 5.32 Å². The SMILES string of the molecule is [CH2]c1ccc(C(=O)Nc2cc(S(C)(=O)=O)c(O)cc2F)cc1. The van der Waals surface area contributed by atoms with E-state index < -0.39 is 32.2 Å². The van der Waals surface area contributed by atoms with E-state index in [0.717, 1.165) is 12.3 Å². The zero-order valence-electron chi connectivity index (χ0n) is 11.6. The summed E-state index contributed by atoms with van der Waals surface area (Å²) in [5.74, 6) is -2.25. The second kappa shape index (κ2) is 5.76. The van der Waals surface area contributed by atoms with Gasteiger partial charge in [-0.1, -0.05) is 12.1 Å². The zero-order chi connectivity index (χ0) is 16.5. The maximum atomic E-state index is 13.8. The third kappa shape index (κ3) is 3.43. The summed E-state index contributed by atoms with van der Waals surface area (Å²) in [5.41, 5.74) is 0.648. The molecule has 0 bridgehead atoms. The Morgan fingerprint density at radius 1 is 1.23 bits per heavy atom. The molecule has 0 aromatic heterocycles. The molecule has 2 rings (SSSR count). The molecule has 0 heterocycles. The third-order valence-electron chi connectivity index (χ3n) is 2.91. The summed E-state index contributed by atoms with van der Waals surface area (Å²) in [4.78, 5) is 11.6. The van der Waals surface area contributed by atoms with Gasteiger partial charge in [0.05, 0.1) is 5.69 Å². The van der Waals surface area contributed by atoms with Crippen LogP contribution in [0.2, 0.25) is 0 Å². The van der Waals surface area contributed by atoms with E-state index in [9.17, 15) is 22.7 Å². The van der Waals surface area contributed by atoms with Crippen LogP contribution in [-0.2, 0) is 9.84 Å². The van der Waals surface area contributed by atoms with Gasteiger partial charge in [-0.3, -0.25) is 4.79 Å². The average Bonchev–Trinajstić information content (AvgIpc) is 2.41. The number of phenolic OH excluding ortho intramolecular Hbond substituents is 1. The van der Waals surface area contributed by atoms with Crippen molar-refractivity contribution in [2.24, 2.45) is 0 Å². The van der Waals surface area contributed by atoms with Crippen LogP contribution in [0.4, 0.5) is 10.1 Å². The van der Waals surface area contributed by atoms with Crippen LogP contribution in [0.15, 0.2) is 41.3 Å². The first-order valence-corrected chi connectivity index (χ1v) is 8.03. The van der Waals surface area contributed by atoms with Gasteiger partial charge in [-0.25, -0.2) is 12.8 Å². The van der Waals surface area contributed by atoms with E-state index in [1.165, 1.54) is 12.1 Å². The minimum Gasteiger partial charge on any atom is -0.506 e. The molecular weight excluding hydrogens is 309 g/mol. The fraction of sp³-hybridized carbons (Fsp3) is 0.0667. The molecule has 0 fully saturated rings. The number of carbonyl (C=O) groups is 1. The van der Waals surface area contributed by atoms with Gasteiger partial charge in [0.15, 0.2) is 9.84 Å². The van der Waals surface area contributed by atoms with E-state index in [4.69, 9.17) is 0 Å². The maximum absolute atomic E-state index is 13.8. The van der Waals surface area contributed by atoms with Gasteiger partial charge >= 0.3 is 0 Å². The molecule has 115 valence electrons. The minimum absolute atomic E-state index is 0.265. The quantitative estimate of drug-likeness (QED) is 0.671. The van der Waals surface area contributed by atoms with Crippen molar-refractivity contribution >= 4 is 21.4 Å². The lowest BCUT2D eigenvalue weighted by Crippen LogP contribution is -2.13. The van der Waals surface area contributed by atoms with Crippen molar-refractivity contribution < 1.29 is 22.7 Å². The number of phenols is 1. The van der Waals surface area contributed by atoms with Gasteiger partial charge in [0.1, 0.15) is 16.5 Å². The van der Waals surface area contributed by atoms with Gasteiger partial charge in [-0.15, -0.1) is 0 Å². The summed E-state index contributed by atoms with van der Waals surface area (Å²) in [6.45, 7) is 3.68. The molecule has 0 unspecified atom stereocenters. The number of rotatable bonds is 3. The molecule has 1 radical (unpaired) electrons. The largest absolute Gasteiger partial charge is 0.506 e. The van der Waals surface area contributed by atoms with Crippen LogP contribution in [0.3, 0.4) is 0 Å². The first-order valence-electron chi connectivity index (χ1n) is 6.14. The van der Waals surface area contributed by atoms with E-state index in [-0.39, 0.29) is 11.3 Å². The van der Waals surface area contributed by atoms with E-state index in [2.05, 4.69) is 12.2 Å². The number of amides is 1.